The molecule has 116 valence electrons. The van der Waals surface area contributed by atoms with Crippen LogP contribution in [0.15, 0.2) is 53.6 Å². The zero-order valence-electron chi connectivity index (χ0n) is 12.2. The number of nitrogens with one attached hydrogen (secondary N) is 2. The van der Waals surface area contributed by atoms with E-state index in [-0.39, 0.29) is 11.4 Å². The second-order valence-electron chi connectivity index (χ2n) is 4.94. The number of benzene rings is 1. The Morgan fingerprint density at radius 1 is 1.30 bits per heavy atom. The van der Waals surface area contributed by atoms with E-state index in [1.54, 1.807) is 18.3 Å². The number of aryl methyl sites for hydroxylation is 1. The molecule has 0 unspecified atom stereocenters. The molecular formula is C16H13FN4O2. The second kappa shape index (κ2) is 5.88. The molecule has 23 heavy (non-hydrogen) atoms. The van der Waals surface area contributed by atoms with Crippen molar-refractivity contribution < 1.29 is 9.18 Å². The maximum absolute atomic E-state index is 13.9. The number of aromatic amines is 1. The van der Waals surface area contributed by atoms with Gasteiger partial charge in [-0.05, 0) is 30.7 Å². The zero-order valence-corrected chi connectivity index (χ0v) is 12.2. The summed E-state index contributed by atoms with van der Waals surface area (Å²) in [5.74, 6) is -1.09. The van der Waals surface area contributed by atoms with E-state index in [4.69, 9.17) is 0 Å². The molecule has 0 radical (unpaired) electrons. The molecule has 1 aromatic carbocycles. The predicted molar refractivity (Wildman–Crippen MR) is 83.3 cm³/mol. The smallest absolute Gasteiger partial charge is 0.274 e. The van der Waals surface area contributed by atoms with Crippen molar-refractivity contribution >= 4 is 11.6 Å². The van der Waals surface area contributed by atoms with E-state index in [0.29, 0.717) is 5.69 Å². The van der Waals surface area contributed by atoms with Gasteiger partial charge in [0.2, 0.25) is 0 Å². The Bertz CT molecular complexity index is 930. The Balaban J connectivity index is 2.01. The van der Waals surface area contributed by atoms with Gasteiger partial charge in [-0.15, -0.1) is 0 Å². The van der Waals surface area contributed by atoms with Gasteiger partial charge in [-0.3, -0.25) is 19.7 Å². The molecule has 2 N–H and O–H groups in total. The number of H-pyrrole nitrogens is 1. The van der Waals surface area contributed by atoms with Crippen LogP contribution in [0.5, 0.6) is 0 Å². The fourth-order valence-electron chi connectivity index (χ4n) is 2.16. The van der Waals surface area contributed by atoms with E-state index in [1.165, 1.54) is 24.4 Å². The largest absolute Gasteiger partial charge is 0.319 e. The number of carbonyl (C=O) groups excluding carboxylic acids is 1. The predicted octanol–water partition coefficient (Wildman–Crippen LogP) is 2.26. The Hall–Kier alpha value is -3.22. The summed E-state index contributed by atoms with van der Waals surface area (Å²) in [5.41, 5.74) is 0.933. The van der Waals surface area contributed by atoms with Gasteiger partial charge in [0.15, 0.2) is 0 Å². The fourth-order valence-corrected chi connectivity index (χ4v) is 2.16. The van der Waals surface area contributed by atoms with Crippen molar-refractivity contribution in [2.75, 3.05) is 5.32 Å². The molecule has 0 aliphatic rings. The van der Waals surface area contributed by atoms with Gasteiger partial charge in [0, 0.05) is 12.3 Å². The highest BCUT2D eigenvalue weighted by molar-refractivity contribution is 6.03. The summed E-state index contributed by atoms with van der Waals surface area (Å²) in [4.78, 5) is 28.0. The van der Waals surface area contributed by atoms with Crippen LogP contribution < -0.4 is 10.9 Å². The summed E-state index contributed by atoms with van der Waals surface area (Å²) in [6, 6.07) is 8.73. The molecule has 0 aliphatic heterocycles. The molecular weight excluding hydrogens is 299 g/mol. The molecule has 0 saturated carbocycles. The fraction of sp³-hybridized carbons (Fsp3) is 0.0625. The summed E-state index contributed by atoms with van der Waals surface area (Å²) in [6.45, 7) is 1.82. The number of halogens is 1. The molecule has 0 bridgehead atoms. The van der Waals surface area contributed by atoms with Crippen LogP contribution in [-0.2, 0) is 0 Å². The molecule has 6 nitrogen and oxygen atoms in total. The highest BCUT2D eigenvalue weighted by atomic mass is 19.1. The van der Waals surface area contributed by atoms with Crippen molar-refractivity contribution in [1.82, 2.24) is 14.8 Å². The van der Waals surface area contributed by atoms with Crippen molar-refractivity contribution in [2.45, 2.75) is 6.92 Å². The van der Waals surface area contributed by atoms with Crippen molar-refractivity contribution in [3.05, 3.63) is 76.2 Å². The maximum atomic E-state index is 13.9. The number of hydrogen-bond donors (Lipinski definition) is 2. The quantitative estimate of drug-likeness (QED) is 0.778. The van der Waals surface area contributed by atoms with Gasteiger partial charge in [-0.25, -0.2) is 9.07 Å². The first-order valence-electron chi connectivity index (χ1n) is 6.85. The van der Waals surface area contributed by atoms with Crippen LogP contribution >= 0.6 is 0 Å². The van der Waals surface area contributed by atoms with Crippen molar-refractivity contribution in [1.29, 1.82) is 0 Å². The third-order valence-electron chi connectivity index (χ3n) is 3.34. The topological polar surface area (TPSA) is 79.8 Å². The minimum atomic E-state index is -0.550. The molecule has 0 atom stereocenters. The van der Waals surface area contributed by atoms with Gasteiger partial charge in [0.1, 0.15) is 11.5 Å². The van der Waals surface area contributed by atoms with Crippen LogP contribution in [0.4, 0.5) is 10.1 Å². The minimum Gasteiger partial charge on any atom is -0.319 e. The third-order valence-corrected chi connectivity index (χ3v) is 3.34. The summed E-state index contributed by atoms with van der Waals surface area (Å²) < 4.78 is 15.1. The summed E-state index contributed by atoms with van der Waals surface area (Å²) in [6.07, 6.45) is 3.11. The highest BCUT2D eigenvalue weighted by Gasteiger charge is 2.17. The Morgan fingerprint density at radius 2 is 2.09 bits per heavy atom. The average Bonchev–Trinajstić information content (AvgIpc) is 2.92. The van der Waals surface area contributed by atoms with Crippen LogP contribution in [0.1, 0.15) is 16.1 Å². The van der Waals surface area contributed by atoms with Gasteiger partial charge in [-0.1, -0.05) is 12.1 Å². The summed E-state index contributed by atoms with van der Waals surface area (Å²) in [7, 11) is 0. The number of para-hydroxylation sites is 1. The van der Waals surface area contributed by atoms with E-state index in [1.807, 2.05) is 6.92 Å². The van der Waals surface area contributed by atoms with Crippen molar-refractivity contribution in [3.8, 4) is 5.69 Å². The molecule has 3 aromatic rings. The van der Waals surface area contributed by atoms with Crippen molar-refractivity contribution in [2.24, 2.45) is 0 Å². The van der Waals surface area contributed by atoms with E-state index >= 15 is 0 Å². The normalized spacial score (nSPS) is 10.5. The first-order chi connectivity index (χ1) is 11.1. The lowest BCUT2D eigenvalue weighted by Gasteiger charge is -2.10. The lowest BCUT2D eigenvalue weighted by atomic mass is 10.2. The molecule has 2 aromatic heterocycles. The maximum Gasteiger partial charge on any atom is 0.274 e. The number of pyridine rings is 1. The number of amides is 1. The van der Waals surface area contributed by atoms with Gasteiger partial charge >= 0.3 is 0 Å². The average molecular weight is 312 g/mol. The molecule has 0 aliphatic carbocycles. The van der Waals surface area contributed by atoms with Gasteiger partial charge in [0.05, 0.1) is 17.6 Å². The number of nitrogens with zero attached hydrogens (tertiary/aromatic N) is 2. The van der Waals surface area contributed by atoms with Crippen LogP contribution in [0.25, 0.3) is 5.69 Å². The molecule has 2 heterocycles. The monoisotopic (exact) mass is 312 g/mol. The first-order valence-corrected chi connectivity index (χ1v) is 6.85. The Kier molecular flexibility index (Phi) is 3.76. The van der Waals surface area contributed by atoms with Gasteiger partial charge in [0.25, 0.3) is 11.5 Å². The van der Waals surface area contributed by atoms with Crippen LogP contribution in [0, 0.1) is 12.7 Å². The lowest BCUT2D eigenvalue weighted by molar-refractivity contribution is 0.101. The van der Waals surface area contributed by atoms with Crippen LogP contribution in [0.2, 0.25) is 0 Å². The number of anilines is 1. The zero-order chi connectivity index (χ0) is 16.4. The molecule has 0 spiro atoms. The van der Waals surface area contributed by atoms with E-state index < -0.39 is 17.3 Å². The van der Waals surface area contributed by atoms with Crippen LogP contribution in [-0.4, -0.2) is 20.7 Å². The standard InChI is InChI=1S/C16H13FN4O2/c1-10-6-7-18-9-12(10)19-16(23)14-8-15(22)20-21(14)13-5-3-2-4-11(13)17/h2-9H,1H3,(H,19,23)(H,20,22). The SMILES string of the molecule is Cc1ccncc1NC(=O)c1cc(=O)[nH]n1-c1ccccc1F. The van der Waals surface area contributed by atoms with Gasteiger partial charge < -0.3 is 5.32 Å². The second-order valence-corrected chi connectivity index (χ2v) is 4.94. The number of carbonyl (C=O) groups is 1. The molecule has 7 heteroatoms. The first kappa shape index (κ1) is 14.7. The number of hydrogen-bond acceptors (Lipinski definition) is 3. The number of rotatable bonds is 3. The molecule has 1 amide bonds. The summed E-state index contributed by atoms with van der Waals surface area (Å²) >= 11 is 0. The van der Waals surface area contributed by atoms with Gasteiger partial charge in [-0.2, -0.15) is 0 Å². The highest BCUT2D eigenvalue weighted by Crippen LogP contribution is 2.16. The van der Waals surface area contributed by atoms with E-state index in [9.17, 15) is 14.0 Å². The molecule has 0 saturated heterocycles. The summed E-state index contributed by atoms with van der Waals surface area (Å²) in [5, 5.41) is 5.09. The Labute approximate surface area is 130 Å². The van der Waals surface area contributed by atoms with Crippen LogP contribution in [0.3, 0.4) is 0 Å². The molecule has 0 fully saturated rings. The van der Waals surface area contributed by atoms with E-state index in [2.05, 4.69) is 15.4 Å². The molecule has 3 rings (SSSR count). The van der Waals surface area contributed by atoms with Crippen molar-refractivity contribution in [3.63, 3.8) is 0 Å². The third kappa shape index (κ3) is 2.89. The minimum absolute atomic E-state index is 0.00310. The lowest BCUT2D eigenvalue weighted by Crippen LogP contribution is -2.18. The van der Waals surface area contributed by atoms with E-state index in [0.717, 1.165) is 16.3 Å². The number of aromatic nitrogens is 3. The Morgan fingerprint density at radius 3 is 2.83 bits per heavy atom.